The van der Waals surface area contributed by atoms with Gasteiger partial charge in [-0.15, -0.1) is 10.2 Å². The number of carboxylic acids is 1. The van der Waals surface area contributed by atoms with E-state index in [2.05, 4.69) is 58.3 Å². The van der Waals surface area contributed by atoms with Gasteiger partial charge in [0, 0.05) is 52.2 Å². The molecule has 0 radical (unpaired) electrons. The highest BCUT2D eigenvalue weighted by Crippen LogP contribution is 2.31. The van der Waals surface area contributed by atoms with Crippen molar-refractivity contribution in [2.45, 2.75) is 6.92 Å². The number of rotatable bonds is 4. The number of halogens is 1. The first-order valence-corrected chi connectivity index (χ1v) is 14.9. The van der Waals surface area contributed by atoms with Crippen LogP contribution in [0.5, 0.6) is 0 Å². The van der Waals surface area contributed by atoms with Gasteiger partial charge in [0.05, 0.1) is 44.4 Å². The fraction of sp³-hybridized carbons (Fsp3) is 0.281. The number of aryl methyl sites for hydroxylation is 1. The number of aromatic nitrogens is 4. The number of anilines is 2. The first-order valence-electron chi connectivity index (χ1n) is 14.1. The van der Waals surface area contributed by atoms with Gasteiger partial charge in [-0.05, 0) is 66.1 Å². The van der Waals surface area contributed by atoms with E-state index in [-0.39, 0.29) is 5.56 Å². The zero-order valence-corrected chi connectivity index (χ0v) is 25.3. The Morgan fingerprint density at radius 2 is 1.33 bits per heavy atom. The predicted molar refractivity (Wildman–Crippen MR) is 170 cm³/mol. The van der Waals surface area contributed by atoms with Crippen molar-refractivity contribution in [3.8, 4) is 11.1 Å². The number of benzene rings is 3. The third-order valence-electron chi connectivity index (χ3n) is 7.66. The summed E-state index contributed by atoms with van der Waals surface area (Å²) in [5.41, 5.74) is 3.20. The first-order chi connectivity index (χ1) is 21.0. The number of morpholine rings is 2. The van der Waals surface area contributed by atoms with Crippen molar-refractivity contribution in [3.63, 3.8) is 0 Å². The third kappa shape index (κ3) is 6.43. The maximum atomic E-state index is 11.3. The van der Waals surface area contributed by atoms with Crippen LogP contribution in [-0.2, 0) is 9.47 Å². The second-order valence-corrected chi connectivity index (χ2v) is 11.3. The molecule has 43 heavy (non-hydrogen) atoms. The maximum absolute atomic E-state index is 11.3. The Balaban J connectivity index is 0.000000167. The van der Waals surface area contributed by atoms with Gasteiger partial charge in [0.1, 0.15) is 0 Å². The van der Waals surface area contributed by atoms with Gasteiger partial charge in [-0.1, -0.05) is 28.1 Å². The van der Waals surface area contributed by atoms with E-state index in [0.717, 1.165) is 93.7 Å². The summed E-state index contributed by atoms with van der Waals surface area (Å²) in [4.78, 5) is 15.7. The highest BCUT2D eigenvalue weighted by atomic mass is 79.9. The molecule has 3 aromatic carbocycles. The summed E-state index contributed by atoms with van der Waals surface area (Å²) in [5.74, 6) is 0.902. The van der Waals surface area contributed by atoms with Crippen molar-refractivity contribution in [3.05, 3.63) is 82.6 Å². The van der Waals surface area contributed by atoms with E-state index >= 15 is 0 Å². The lowest BCUT2D eigenvalue weighted by molar-refractivity contribution is 0.0697. The Morgan fingerprint density at radius 1 is 0.767 bits per heavy atom. The number of nitrogens with zero attached hydrogens (tertiary/aromatic N) is 6. The number of hydrogen-bond donors (Lipinski definition) is 1. The Bertz CT molecular complexity index is 1770. The highest BCUT2D eigenvalue weighted by molar-refractivity contribution is 9.10. The summed E-state index contributed by atoms with van der Waals surface area (Å²) in [6.07, 6.45) is 3.54. The largest absolute Gasteiger partial charge is 0.478 e. The summed E-state index contributed by atoms with van der Waals surface area (Å²) in [6.45, 7) is 8.24. The van der Waals surface area contributed by atoms with Gasteiger partial charge in [-0.2, -0.15) is 10.2 Å². The standard InChI is InChI=1S/C20H19N3O3.C12H12BrN3O/c1-13-2-3-15(20(24)25)11-18(13)14-4-5-17-16(10-14)12-21-22-19(17)23-6-8-26-9-7-23;13-10-1-2-11-9(7-10)8-14-15-12(11)16-3-5-17-6-4-16/h2-5,10-12H,6-9H2,1H3,(H,24,25);1-2,7-8H,3-6H2. The second-order valence-electron chi connectivity index (χ2n) is 10.4. The van der Waals surface area contributed by atoms with Crippen LogP contribution in [0.1, 0.15) is 15.9 Å². The van der Waals surface area contributed by atoms with Gasteiger partial charge in [0.25, 0.3) is 0 Å². The molecule has 11 heteroatoms. The van der Waals surface area contributed by atoms with Crippen LogP contribution in [0, 0.1) is 6.92 Å². The Kier molecular flexibility index (Phi) is 8.73. The van der Waals surface area contributed by atoms with E-state index in [1.807, 2.05) is 37.3 Å². The molecule has 5 aromatic rings. The molecule has 10 nitrogen and oxygen atoms in total. The summed E-state index contributed by atoms with van der Waals surface area (Å²) in [5, 5.41) is 30.4. The molecule has 2 fully saturated rings. The molecule has 2 aromatic heterocycles. The SMILES string of the molecule is Brc1ccc2c(N3CCOCC3)nncc2c1.Cc1ccc(C(=O)O)cc1-c1ccc2c(N3CCOCC3)nncc2c1. The first kappa shape index (κ1) is 28.9. The predicted octanol–water partition coefficient (Wildman–Crippen LogP) is 5.37. The minimum Gasteiger partial charge on any atom is -0.478 e. The topological polar surface area (TPSA) is 114 Å². The molecule has 7 rings (SSSR count). The number of carboxylic acid groups (broad SMARTS) is 1. The minimum atomic E-state index is -0.924. The minimum absolute atomic E-state index is 0.285. The van der Waals surface area contributed by atoms with Gasteiger partial charge >= 0.3 is 5.97 Å². The van der Waals surface area contributed by atoms with E-state index in [9.17, 15) is 9.90 Å². The van der Waals surface area contributed by atoms with Gasteiger partial charge in [0.2, 0.25) is 0 Å². The van der Waals surface area contributed by atoms with E-state index in [1.54, 1.807) is 24.5 Å². The van der Waals surface area contributed by atoms with Crippen LogP contribution in [-0.4, -0.2) is 84.1 Å². The van der Waals surface area contributed by atoms with E-state index in [0.29, 0.717) is 13.2 Å². The molecule has 0 atom stereocenters. The normalized spacial score (nSPS) is 15.3. The van der Waals surface area contributed by atoms with Gasteiger partial charge in [0.15, 0.2) is 11.6 Å². The number of fused-ring (bicyclic) bond motifs is 2. The summed E-state index contributed by atoms with van der Waals surface area (Å²) < 4.78 is 11.8. The molecular formula is C32H31BrN6O4. The van der Waals surface area contributed by atoms with Crippen LogP contribution in [0.15, 0.2) is 71.5 Å². The molecule has 2 saturated heterocycles. The van der Waals surface area contributed by atoms with Crippen molar-refractivity contribution in [1.82, 2.24) is 20.4 Å². The van der Waals surface area contributed by atoms with Crippen LogP contribution in [0.2, 0.25) is 0 Å². The lowest BCUT2D eigenvalue weighted by Crippen LogP contribution is -2.37. The number of ether oxygens (including phenoxy) is 2. The maximum Gasteiger partial charge on any atom is 0.335 e. The third-order valence-corrected chi connectivity index (χ3v) is 8.16. The van der Waals surface area contributed by atoms with Crippen molar-refractivity contribution in [2.24, 2.45) is 0 Å². The van der Waals surface area contributed by atoms with E-state index in [1.165, 1.54) is 0 Å². The quantitative estimate of drug-likeness (QED) is 0.274. The lowest BCUT2D eigenvalue weighted by atomic mass is 9.96. The molecule has 1 N–H and O–H groups in total. The van der Waals surface area contributed by atoms with Crippen molar-refractivity contribution in [1.29, 1.82) is 0 Å². The zero-order valence-electron chi connectivity index (χ0n) is 23.7. The Hall–Kier alpha value is -4.19. The Morgan fingerprint density at radius 3 is 1.91 bits per heavy atom. The molecule has 2 aliphatic rings. The highest BCUT2D eigenvalue weighted by Gasteiger charge is 2.17. The molecule has 0 spiro atoms. The zero-order chi connectivity index (χ0) is 29.8. The monoisotopic (exact) mass is 642 g/mol. The average Bonchev–Trinajstić information content (AvgIpc) is 3.05. The number of carbonyl (C=O) groups is 1. The fourth-order valence-corrected chi connectivity index (χ4v) is 5.75. The van der Waals surface area contributed by atoms with E-state index < -0.39 is 5.97 Å². The molecule has 0 unspecified atom stereocenters. The van der Waals surface area contributed by atoms with Crippen LogP contribution >= 0.6 is 15.9 Å². The molecule has 0 aliphatic carbocycles. The molecule has 0 saturated carbocycles. The van der Waals surface area contributed by atoms with Gasteiger partial charge in [-0.3, -0.25) is 0 Å². The molecule has 2 aliphatic heterocycles. The average molecular weight is 644 g/mol. The van der Waals surface area contributed by atoms with Crippen molar-refractivity contribution >= 4 is 55.1 Å². The summed E-state index contributed by atoms with van der Waals surface area (Å²) in [7, 11) is 0. The van der Waals surface area contributed by atoms with E-state index in [4.69, 9.17) is 9.47 Å². The molecule has 4 heterocycles. The van der Waals surface area contributed by atoms with Crippen LogP contribution in [0.4, 0.5) is 11.6 Å². The van der Waals surface area contributed by atoms with Gasteiger partial charge < -0.3 is 24.4 Å². The van der Waals surface area contributed by atoms with Crippen LogP contribution < -0.4 is 9.80 Å². The summed E-state index contributed by atoms with van der Waals surface area (Å²) >= 11 is 3.47. The van der Waals surface area contributed by atoms with Crippen molar-refractivity contribution in [2.75, 3.05) is 62.4 Å². The van der Waals surface area contributed by atoms with Crippen molar-refractivity contribution < 1.29 is 19.4 Å². The Labute approximate surface area is 257 Å². The smallest absolute Gasteiger partial charge is 0.335 e. The van der Waals surface area contributed by atoms with Crippen LogP contribution in [0.25, 0.3) is 32.7 Å². The fourth-order valence-electron chi connectivity index (χ4n) is 5.37. The summed E-state index contributed by atoms with van der Waals surface area (Å²) in [6, 6.07) is 17.5. The number of hydrogen-bond acceptors (Lipinski definition) is 9. The molecule has 0 amide bonds. The molecule has 220 valence electrons. The number of aromatic carboxylic acids is 1. The van der Waals surface area contributed by atoms with Gasteiger partial charge in [-0.25, -0.2) is 4.79 Å². The molecular weight excluding hydrogens is 612 g/mol. The molecule has 0 bridgehead atoms. The van der Waals surface area contributed by atoms with Crippen LogP contribution in [0.3, 0.4) is 0 Å². The second kappa shape index (κ2) is 13.0. The lowest BCUT2D eigenvalue weighted by Gasteiger charge is -2.28.